The molecule has 0 saturated carbocycles. The highest BCUT2D eigenvalue weighted by atomic mass is 35.5. The number of halogens is 1. The van der Waals surface area contributed by atoms with Crippen LogP contribution in [0, 0.1) is 0 Å². The molecule has 9 heteroatoms. The maximum absolute atomic E-state index is 12.6. The first-order valence-electron chi connectivity index (χ1n) is 9.12. The second kappa shape index (κ2) is 8.94. The molecule has 0 bridgehead atoms. The van der Waals surface area contributed by atoms with Gasteiger partial charge in [-0.1, -0.05) is 29.8 Å². The van der Waals surface area contributed by atoms with E-state index in [1.807, 2.05) is 24.3 Å². The van der Waals surface area contributed by atoms with E-state index < -0.39 is 22.1 Å². The number of esters is 1. The van der Waals surface area contributed by atoms with Gasteiger partial charge in [-0.3, -0.25) is 9.59 Å². The number of carbonyl (C=O) groups is 2. The minimum absolute atomic E-state index is 0.0477. The summed E-state index contributed by atoms with van der Waals surface area (Å²) in [6.07, 6.45) is -0.391. The van der Waals surface area contributed by atoms with Gasteiger partial charge in [0.25, 0.3) is 5.91 Å². The van der Waals surface area contributed by atoms with Crippen molar-refractivity contribution in [3.8, 4) is 0 Å². The van der Waals surface area contributed by atoms with E-state index in [0.717, 1.165) is 17.7 Å². The molecule has 1 amide bonds. The highest BCUT2D eigenvalue weighted by Crippen LogP contribution is 2.28. The summed E-state index contributed by atoms with van der Waals surface area (Å²) in [6, 6.07) is 13.3. The highest BCUT2D eigenvalue weighted by molar-refractivity contribution is 7.89. The largest absolute Gasteiger partial charge is 0.452 e. The topological polar surface area (TPSA) is 92.8 Å². The fourth-order valence-electron chi connectivity index (χ4n) is 3.08. The van der Waals surface area contributed by atoms with Gasteiger partial charge >= 0.3 is 5.97 Å². The molecule has 0 aromatic heterocycles. The van der Waals surface area contributed by atoms with Crippen molar-refractivity contribution in [2.24, 2.45) is 0 Å². The molecule has 1 heterocycles. The molecule has 0 spiro atoms. The van der Waals surface area contributed by atoms with Gasteiger partial charge in [0.05, 0.1) is 11.3 Å². The third kappa shape index (κ3) is 5.14. The molecule has 29 heavy (non-hydrogen) atoms. The first-order valence-corrected chi connectivity index (χ1v) is 11.0. The van der Waals surface area contributed by atoms with Crippen molar-refractivity contribution < 1.29 is 22.7 Å². The molecular formula is C20H21ClN2O5S. The SMILES string of the molecule is CC(OC(=O)CCNS(=O)(=O)c1ccc(Cl)cc1)C(=O)N1CCc2ccccc21. The summed E-state index contributed by atoms with van der Waals surface area (Å²) in [5, 5.41) is 0.423. The Morgan fingerprint density at radius 3 is 2.59 bits per heavy atom. The third-order valence-electron chi connectivity index (χ3n) is 4.55. The Hall–Kier alpha value is -2.42. The number of amides is 1. The van der Waals surface area contributed by atoms with Crippen molar-refractivity contribution >= 4 is 39.2 Å². The van der Waals surface area contributed by atoms with E-state index in [2.05, 4.69) is 4.72 Å². The summed E-state index contributed by atoms with van der Waals surface area (Å²) in [5.41, 5.74) is 1.91. The first-order chi connectivity index (χ1) is 13.8. The normalized spacial score (nSPS) is 14.3. The number of nitrogens with one attached hydrogen (secondary N) is 1. The lowest BCUT2D eigenvalue weighted by atomic mass is 10.2. The van der Waals surface area contributed by atoms with Crippen LogP contribution in [0.5, 0.6) is 0 Å². The van der Waals surface area contributed by atoms with Crippen LogP contribution in [0.3, 0.4) is 0 Å². The molecule has 0 radical (unpaired) electrons. The molecule has 2 aromatic rings. The van der Waals surface area contributed by atoms with E-state index >= 15 is 0 Å². The summed E-state index contributed by atoms with van der Waals surface area (Å²) in [7, 11) is -3.76. The lowest BCUT2D eigenvalue weighted by Gasteiger charge is -2.21. The number of ether oxygens (including phenoxy) is 1. The van der Waals surface area contributed by atoms with Crippen LogP contribution in [0.2, 0.25) is 5.02 Å². The Morgan fingerprint density at radius 1 is 1.17 bits per heavy atom. The highest BCUT2D eigenvalue weighted by Gasteiger charge is 2.29. The van der Waals surface area contributed by atoms with Gasteiger partial charge in [-0.15, -0.1) is 0 Å². The van der Waals surface area contributed by atoms with Crippen LogP contribution < -0.4 is 9.62 Å². The maximum Gasteiger partial charge on any atom is 0.307 e. The summed E-state index contributed by atoms with van der Waals surface area (Å²) < 4.78 is 31.9. The molecule has 1 N–H and O–H groups in total. The van der Waals surface area contributed by atoms with Gasteiger partial charge in [-0.05, 0) is 49.2 Å². The quantitative estimate of drug-likeness (QED) is 0.673. The van der Waals surface area contributed by atoms with E-state index in [-0.39, 0.29) is 23.8 Å². The Labute approximate surface area is 174 Å². The summed E-state index contributed by atoms with van der Waals surface area (Å²) in [4.78, 5) is 26.3. The molecule has 2 aromatic carbocycles. The monoisotopic (exact) mass is 436 g/mol. The van der Waals surface area contributed by atoms with E-state index in [9.17, 15) is 18.0 Å². The van der Waals surface area contributed by atoms with Gasteiger partial charge in [0.2, 0.25) is 10.0 Å². The Bertz CT molecular complexity index is 1010. The van der Waals surface area contributed by atoms with Gasteiger partial charge < -0.3 is 9.64 Å². The molecule has 1 unspecified atom stereocenters. The van der Waals surface area contributed by atoms with E-state index in [4.69, 9.17) is 16.3 Å². The minimum Gasteiger partial charge on any atom is -0.452 e. The number of para-hydroxylation sites is 1. The van der Waals surface area contributed by atoms with E-state index in [1.165, 1.54) is 31.2 Å². The zero-order chi connectivity index (χ0) is 21.0. The Balaban J connectivity index is 1.49. The Kier molecular flexibility index (Phi) is 6.56. The molecule has 0 aliphatic carbocycles. The predicted molar refractivity (Wildman–Crippen MR) is 109 cm³/mol. The molecule has 3 rings (SSSR count). The number of fused-ring (bicyclic) bond motifs is 1. The van der Waals surface area contributed by atoms with Crippen LogP contribution in [0.4, 0.5) is 5.69 Å². The zero-order valence-corrected chi connectivity index (χ0v) is 17.4. The summed E-state index contributed by atoms with van der Waals surface area (Å²) >= 11 is 5.75. The number of nitrogens with zero attached hydrogens (tertiary/aromatic N) is 1. The molecule has 1 aliphatic rings. The van der Waals surface area contributed by atoms with E-state index in [0.29, 0.717) is 11.6 Å². The lowest BCUT2D eigenvalue weighted by Crippen LogP contribution is -2.39. The van der Waals surface area contributed by atoms with Crippen molar-refractivity contribution in [1.29, 1.82) is 0 Å². The lowest BCUT2D eigenvalue weighted by molar-refractivity contribution is -0.153. The third-order valence-corrected chi connectivity index (χ3v) is 6.28. The number of hydrogen-bond acceptors (Lipinski definition) is 5. The fraction of sp³-hybridized carbons (Fsp3) is 0.300. The summed E-state index contributed by atoms with van der Waals surface area (Å²) in [6.45, 7) is 1.91. The van der Waals surface area contributed by atoms with Gasteiger partial charge in [0.15, 0.2) is 6.10 Å². The predicted octanol–water partition coefficient (Wildman–Crippen LogP) is 2.53. The van der Waals surface area contributed by atoms with Crippen molar-refractivity contribution in [3.63, 3.8) is 0 Å². The molecular weight excluding hydrogens is 416 g/mol. The molecule has 7 nitrogen and oxygen atoms in total. The van der Waals surface area contributed by atoms with Crippen molar-refractivity contribution in [1.82, 2.24) is 4.72 Å². The second-order valence-electron chi connectivity index (χ2n) is 6.60. The first kappa shape index (κ1) is 21.3. The van der Waals surface area contributed by atoms with Gasteiger partial charge in [-0.2, -0.15) is 0 Å². The van der Waals surface area contributed by atoms with Gasteiger partial charge in [0, 0.05) is 23.8 Å². The fourth-order valence-corrected chi connectivity index (χ4v) is 4.24. The van der Waals surface area contributed by atoms with Crippen LogP contribution >= 0.6 is 11.6 Å². The molecule has 0 fully saturated rings. The van der Waals surface area contributed by atoms with Crippen LogP contribution in [0.25, 0.3) is 0 Å². The average Bonchev–Trinajstić information content (AvgIpc) is 3.11. The van der Waals surface area contributed by atoms with E-state index in [1.54, 1.807) is 4.90 Å². The minimum atomic E-state index is -3.76. The number of carbonyl (C=O) groups excluding carboxylic acids is 2. The second-order valence-corrected chi connectivity index (χ2v) is 8.81. The number of rotatable bonds is 7. The summed E-state index contributed by atoms with van der Waals surface area (Å²) in [5.74, 6) is -0.956. The van der Waals surface area contributed by atoms with Crippen LogP contribution in [0.15, 0.2) is 53.4 Å². The maximum atomic E-state index is 12.6. The molecule has 0 saturated heterocycles. The van der Waals surface area contributed by atoms with Crippen LogP contribution in [-0.4, -0.2) is 39.5 Å². The van der Waals surface area contributed by atoms with Crippen molar-refractivity contribution in [3.05, 3.63) is 59.1 Å². The molecule has 1 atom stereocenters. The molecule has 1 aliphatic heterocycles. The smallest absolute Gasteiger partial charge is 0.307 e. The molecule has 154 valence electrons. The zero-order valence-electron chi connectivity index (χ0n) is 15.8. The number of anilines is 1. The van der Waals surface area contributed by atoms with Gasteiger partial charge in [0.1, 0.15) is 0 Å². The van der Waals surface area contributed by atoms with Crippen molar-refractivity contribution in [2.45, 2.75) is 30.8 Å². The number of benzene rings is 2. The number of hydrogen-bond donors (Lipinski definition) is 1. The van der Waals surface area contributed by atoms with Crippen molar-refractivity contribution in [2.75, 3.05) is 18.0 Å². The van der Waals surface area contributed by atoms with Crippen LogP contribution in [-0.2, 0) is 30.8 Å². The number of sulfonamides is 1. The Morgan fingerprint density at radius 2 is 1.86 bits per heavy atom. The van der Waals surface area contributed by atoms with Crippen LogP contribution in [0.1, 0.15) is 18.9 Å². The standard InChI is InChI=1S/C20H21ClN2O5S/c1-14(20(25)23-13-11-15-4-2-3-5-18(15)23)28-19(24)10-12-22-29(26,27)17-8-6-16(21)7-9-17/h2-9,14,22H,10-13H2,1H3. The van der Waals surface area contributed by atoms with Gasteiger partial charge in [-0.25, -0.2) is 13.1 Å². The average molecular weight is 437 g/mol.